The second kappa shape index (κ2) is 118. The number of nitrogens with two attached hydrogens (primary N) is 9. The highest BCUT2D eigenvalue weighted by Crippen LogP contribution is 1.91. The second-order valence-corrected chi connectivity index (χ2v) is 12.0. The van der Waals surface area contributed by atoms with Gasteiger partial charge in [-0.2, -0.15) is 23.5 Å². The summed E-state index contributed by atoms with van der Waals surface area (Å²) in [6, 6.07) is 0. The summed E-state index contributed by atoms with van der Waals surface area (Å²) in [6.07, 6.45) is 19.4. The molecule has 0 unspecified atom stereocenters. The van der Waals surface area contributed by atoms with Crippen LogP contribution in [-0.4, -0.2) is 110 Å². The number of hydrogen-bond acceptors (Lipinski definition) is 13. The fourth-order valence-corrected chi connectivity index (χ4v) is 2.55. The van der Waals surface area contributed by atoms with Gasteiger partial charge in [-0.25, -0.2) is 0 Å². The number of ether oxygens (including phenoxy) is 1. The first kappa shape index (κ1) is 74.4. The van der Waals surface area contributed by atoms with E-state index in [0.29, 0.717) is 0 Å². The van der Waals surface area contributed by atoms with Gasteiger partial charge in [-0.05, 0) is 136 Å². The molecule has 0 aliphatic rings. The molecular formula is C36H102N10OS2. The first-order chi connectivity index (χ1) is 23.2. The van der Waals surface area contributed by atoms with Crippen LogP contribution in [0.5, 0.6) is 0 Å². The van der Waals surface area contributed by atoms with Crippen LogP contribution in [0.4, 0.5) is 0 Å². The molecule has 19 N–H and O–H groups in total. The van der Waals surface area contributed by atoms with Crippen LogP contribution in [0, 0.1) is 0 Å². The lowest BCUT2D eigenvalue weighted by atomic mass is 10.3. The minimum absolute atomic E-state index is 0. The Bertz CT molecular complexity index is 266. The van der Waals surface area contributed by atoms with E-state index in [1.807, 2.05) is 25.1 Å². The van der Waals surface area contributed by atoms with E-state index in [2.05, 4.69) is 46.2 Å². The van der Waals surface area contributed by atoms with Crippen molar-refractivity contribution in [3.05, 3.63) is 0 Å². The van der Waals surface area contributed by atoms with Gasteiger partial charge in [-0.1, -0.05) is 74.1 Å². The summed E-state index contributed by atoms with van der Waals surface area (Å²) in [5.74, 6) is 2.29. The van der Waals surface area contributed by atoms with Crippen molar-refractivity contribution in [1.29, 1.82) is 0 Å². The maximum atomic E-state index is 5.21. The number of hydrogen-bond donors (Lipinski definition) is 10. The Labute approximate surface area is 320 Å². The Morgan fingerprint density at radius 1 is 0.429 bits per heavy atom. The summed E-state index contributed by atoms with van der Waals surface area (Å²) in [7, 11) is 3.60. The van der Waals surface area contributed by atoms with Crippen molar-refractivity contribution < 1.29 is 4.74 Å². The predicted molar refractivity (Wildman–Crippen MR) is 239 cm³/mol. The third kappa shape index (κ3) is 228. The molecule has 0 fully saturated rings. The molecule has 0 bridgehead atoms. The average Bonchev–Trinajstić information content (AvgIpc) is 3.11. The summed E-state index contributed by atoms with van der Waals surface area (Å²) in [6.45, 7) is 19.8. The molecule has 0 amide bonds. The SMILES string of the molecule is C.CCCCCN.CCCCN.CCCCN.CCCCN.CCCN.CNCCCN.COCCCN.CSCCCN.CSCCN. The van der Waals surface area contributed by atoms with Crippen LogP contribution >= 0.6 is 23.5 Å². The van der Waals surface area contributed by atoms with E-state index in [9.17, 15) is 0 Å². The van der Waals surface area contributed by atoms with E-state index < -0.39 is 0 Å². The van der Waals surface area contributed by atoms with E-state index in [4.69, 9.17) is 56.3 Å². The summed E-state index contributed by atoms with van der Waals surface area (Å²) in [4.78, 5) is 0. The smallest absolute Gasteiger partial charge is 0.0474 e. The lowest BCUT2D eigenvalue weighted by molar-refractivity contribution is 0.197. The van der Waals surface area contributed by atoms with E-state index in [0.717, 1.165) is 103 Å². The van der Waals surface area contributed by atoms with E-state index in [1.54, 1.807) is 18.9 Å². The molecule has 0 aromatic heterocycles. The molecular weight excluding hydrogens is 653 g/mol. The van der Waals surface area contributed by atoms with Crippen LogP contribution in [0.15, 0.2) is 0 Å². The highest BCUT2D eigenvalue weighted by atomic mass is 32.2. The monoisotopic (exact) mass is 755 g/mol. The van der Waals surface area contributed by atoms with E-state index in [-0.39, 0.29) is 7.43 Å². The highest BCUT2D eigenvalue weighted by Gasteiger charge is 1.77. The van der Waals surface area contributed by atoms with Gasteiger partial charge in [0.1, 0.15) is 0 Å². The zero-order valence-corrected chi connectivity index (χ0v) is 35.9. The third-order valence-corrected chi connectivity index (χ3v) is 6.17. The zero-order valence-electron chi connectivity index (χ0n) is 34.3. The predicted octanol–water partition coefficient (Wildman–Crippen LogP) is 4.90. The molecule has 0 heterocycles. The fraction of sp³-hybridized carbons (Fsp3) is 1.00. The summed E-state index contributed by atoms with van der Waals surface area (Å²) < 4.78 is 4.70. The van der Waals surface area contributed by atoms with Crippen molar-refractivity contribution in [3.63, 3.8) is 0 Å². The molecule has 0 aromatic carbocycles. The van der Waals surface area contributed by atoms with Gasteiger partial charge in [-0.3, -0.25) is 0 Å². The maximum Gasteiger partial charge on any atom is 0.0474 e. The van der Waals surface area contributed by atoms with Crippen molar-refractivity contribution in [2.24, 2.45) is 51.6 Å². The minimum atomic E-state index is 0. The van der Waals surface area contributed by atoms with Gasteiger partial charge in [0, 0.05) is 26.0 Å². The number of rotatable bonds is 21. The normalized spacial score (nSPS) is 8.45. The van der Waals surface area contributed by atoms with Gasteiger partial charge in [0.05, 0.1) is 0 Å². The van der Waals surface area contributed by atoms with Gasteiger partial charge in [-0.15, -0.1) is 0 Å². The highest BCUT2D eigenvalue weighted by molar-refractivity contribution is 7.98. The molecule has 0 radical (unpaired) electrons. The van der Waals surface area contributed by atoms with Crippen LogP contribution in [-0.2, 0) is 4.74 Å². The van der Waals surface area contributed by atoms with Crippen LogP contribution in [0.25, 0.3) is 0 Å². The van der Waals surface area contributed by atoms with E-state index >= 15 is 0 Å². The van der Waals surface area contributed by atoms with Gasteiger partial charge in [0.25, 0.3) is 0 Å². The molecule has 0 aliphatic heterocycles. The van der Waals surface area contributed by atoms with Gasteiger partial charge in [0.15, 0.2) is 0 Å². The molecule has 314 valence electrons. The molecule has 0 saturated heterocycles. The van der Waals surface area contributed by atoms with Crippen LogP contribution in [0.3, 0.4) is 0 Å². The van der Waals surface area contributed by atoms with Crippen molar-refractivity contribution in [1.82, 2.24) is 5.32 Å². The Morgan fingerprint density at radius 2 is 0.776 bits per heavy atom. The van der Waals surface area contributed by atoms with Crippen molar-refractivity contribution in [2.75, 3.05) is 110 Å². The molecule has 0 atom stereocenters. The van der Waals surface area contributed by atoms with Gasteiger partial charge < -0.3 is 61.7 Å². The molecule has 0 saturated carbocycles. The fourth-order valence-electron chi connectivity index (χ4n) is 1.86. The molecule has 0 spiro atoms. The third-order valence-electron chi connectivity index (χ3n) is 4.83. The summed E-state index contributed by atoms with van der Waals surface area (Å²) in [5.41, 5.74) is 46.3. The average molecular weight is 755 g/mol. The lowest BCUT2D eigenvalue weighted by Gasteiger charge is -1.90. The van der Waals surface area contributed by atoms with Crippen LogP contribution < -0.4 is 56.9 Å². The Hall–Kier alpha value is 0.260. The van der Waals surface area contributed by atoms with Gasteiger partial charge in [0.2, 0.25) is 0 Å². The molecule has 0 aliphatic carbocycles. The lowest BCUT2D eigenvalue weighted by Crippen LogP contribution is -2.12. The Kier molecular flexibility index (Phi) is 179. The first-order valence-corrected chi connectivity index (χ1v) is 21.4. The largest absolute Gasteiger partial charge is 0.385 e. The quantitative estimate of drug-likeness (QED) is 0.0701. The topological polar surface area (TPSA) is 255 Å². The zero-order chi connectivity index (χ0) is 39.2. The Balaban J connectivity index is -0.0000000437. The molecule has 11 nitrogen and oxygen atoms in total. The van der Waals surface area contributed by atoms with Crippen LogP contribution in [0.1, 0.15) is 126 Å². The second-order valence-electron chi connectivity index (χ2n) is 10.0. The molecule has 0 rings (SSSR count). The summed E-state index contributed by atoms with van der Waals surface area (Å²) in [5, 5.41) is 2.99. The standard InChI is InChI=1S/C5H13N.C4H12N2.C4H11NO.C4H11NS.3C4H11N.C3H9NS.C3H9N.CH4/c1-2-3-4-5-6;3*1-6-4-2-3-5;3*1-2-3-4-5;1-5-3-2-4;1-2-3-4;/h2-6H2,1H3;6H,2-5H2,1H3;2*2-5H2,1H3;3*2-5H2,1H3;2-4H2,1H3;2-4H2,1H3;1H4. The number of nitrogens with one attached hydrogen (secondary N) is 1. The first-order valence-electron chi connectivity index (χ1n) is 18.7. The molecule has 49 heavy (non-hydrogen) atoms. The molecule has 13 heteroatoms. The van der Waals surface area contributed by atoms with Crippen molar-refractivity contribution in [2.45, 2.75) is 126 Å². The minimum Gasteiger partial charge on any atom is -0.385 e. The van der Waals surface area contributed by atoms with Crippen molar-refractivity contribution >= 4 is 23.5 Å². The van der Waals surface area contributed by atoms with Crippen LogP contribution in [0.2, 0.25) is 0 Å². The Morgan fingerprint density at radius 3 is 0.857 bits per heavy atom. The van der Waals surface area contributed by atoms with Crippen molar-refractivity contribution in [3.8, 4) is 0 Å². The van der Waals surface area contributed by atoms with E-state index in [1.165, 1.54) is 63.5 Å². The number of thioether (sulfide) groups is 2. The maximum absolute atomic E-state index is 5.21. The van der Waals surface area contributed by atoms with Gasteiger partial charge >= 0.3 is 0 Å². The molecule has 0 aromatic rings. The summed E-state index contributed by atoms with van der Waals surface area (Å²) >= 11 is 3.62. The number of unbranched alkanes of at least 4 members (excludes halogenated alkanes) is 5. The number of methoxy groups -OCH3 is 1.